The maximum atomic E-state index is 12.8. The summed E-state index contributed by atoms with van der Waals surface area (Å²) in [5.74, 6) is 0.418. The van der Waals surface area contributed by atoms with Crippen LogP contribution in [0.15, 0.2) is 22.6 Å². The number of nitrogens with zero attached hydrogens (tertiary/aromatic N) is 1. The number of aromatic nitrogens is 1. The summed E-state index contributed by atoms with van der Waals surface area (Å²) in [6.07, 6.45) is 3.29. The molecule has 1 aromatic carbocycles. The fourth-order valence-corrected chi connectivity index (χ4v) is 6.59. The Morgan fingerprint density at radius 1 is 1.22 bits per heavy atom. The van der Waals surface area contributed by atoms with E-state index in [2.05, 4.69) is 4.98 Å². The van der Waals surface area contributed by atoms with Crippen LogP contribution in [-0.4, -0.2) is 29.7 Å². The van der Waals surface area contributed by atoms with Crippen molar-refractivity contribution in [3.05, 3.63) is 29.7 Å². The number of hydrogen-bond acceptors (Lipinski definition) is 5. The van der Waals surface area contributed by atoms with Gasteiger partial charge < -0.3 is 4.42 Å². The summed E-state index contributed by atoms with van der Waals surface area (Å²) in [6.45, 7) is 1.77. The van der Waals surface area contributed by atoms with E-state index in [-0.39, 0.29) is 22.2 Å². The van der Waals surface area contributed by atoms with Crippen molar-refractivity contribution in [2.45, 2.75) is 49.5 Å². The molecule has 0 aliphatic carbocycles. The molecule has 2 fully saturated rings. The molecule has 2 aliphatic rings. The first-order valence-electron chi connectivity index (χ1n) is 8.09. The fourth-order valence-electron chi connectivity index (χ4n) is 4.05. The largest absolute Gasteiger partial charge is 0.441 e. The molecule has 23 heavy (non-hydrogen) atoms. The third-order valence-electron chi connectivity index (χ3n) is 5.23. The minimum absolute atomic E-state index is 0.0411. The van der Waals surface area contributed by atoms with Crippen molar-refractivity contribution in [1.29, 1.82) is 0 Å². The summed E-state index contributed by atoms with van der Waals surface area (Å²) in [5.41, 5.74) is 1.95. The molecule has 3 heterocycles. The van der Waals surface area contributed by atoms with E-state index in [0.717, 1.165) is 6.42 Å². The van der Waals surface area contributed by atoms with Gasteiger partial charge in [-0.25, -0.2) is 13.4 Å². The number of carbonyl (C=O) groups excluding carboxylic acids is 1. The molecule has 2 aromatic rings. The SMILES string of the molecule is Cc1nc2cc(C(=O)C3CC4CCCC(C3)S4(=O)=O)ccc2o1. The number of hydrogen-bond donors (Lipinski definition) is 0. The second kappa shape index (κ2) is 5.16. The monoisotopic (exact) mass is 333 g/mol. The molecular weight excluding hydrogens is 314 g/mol. The van der Waals surface area contributed by atoms with Crippen LogP contribution < -0.4 is 0 Å². The lowest BCUT2D eigenvalue weighted by molar-refractivity contribution is 0.0894. The first-order chi connectivity index (χ1) is 10.9. The van der Waals surface area contributed by atoms with E-state index >= 15 is 0 Å². The van der Waals surface area contributed by atoms with E-state index in [0.29, 0.717) is 48.2 Å². The Kier molecular flexibility index (Phi) is 3.34. The van der Waals surface area contributed by atoms with Crippen molar-refractivity contribution < 1.29 is 17.6 Å². The van der Waals surface area contributed by atoms with Crippen molar-refractivity contribution in [1.82, 2.24) is 4.98 Å². The van der Waals surface area contributed by atoms with Gasteiger partial charge in [-0.05, 0) is 43.9 Å². The number of aryl methyl sites for hydroxylation is 1. The molecule has 2 atom stereocenters. The molecular formula is C17H19NO4S. The van der Waals surface area contributed by atoms with Crippen LogP contribution in [0.25, 0.3) is 11.1 Å². The fraction of sp³-hybridized carbons (Fsp3) is 0.529. The molecule has 1 aromatic heterocycles. The zero-order chi connectivity index (χ0) is 16.2. The second-order valence-corrected chi connectivity index (χ2v) is 9.22. The van der Waals surface area contributed by atoms with Gasteiger partial charge in [0.15, 0.2) is 27.1 Å². The van der Waals surface area contributed by atoms with Gasteiger partial charge in [0.25, 0.3) is 0 Å². The second-order valence-electron chi connectivity index (χ2n) is 6.71. The standard InChI is InChI=1S/C17H19NO4S/c1-10-18-15-9-11(5-6-16(15)22-10)17(19)12-7-13-3-2-4-14(8-12)23(13,20)21/h5-6,9,12-14H,2-4,7-8H2,1H3. The molecule has 6 heteroatoms. The van der Waals surface area contributed by atoms with Gasteiger partial charge in [0.05, 0.1) is 10.5 Å². The minimum atomic E-state index is -3.03. The van der Waals surface area contributed by atoms with Gasteiger partial charge in [0.2, 0.25) is 0 Å². The highest BCUT2D eigenvalue weighted by Gasteiger charge is 2.46. The molecule has 0 saturated carbocycles. The van der Waals surface area contributed by atoms with Crippen LogP contribution in [0.5, 0.6) is 0 Å². The molecule has 2 bridgehead atoms. The predicted molar refractivity (Wildman–Crippen MR) is 86.1 cm³/mol. The number of oxazole rings is 1. The minimum Gasteiger partial charge on any atom is -0.441 e. The van der Waals surface area contributed by atoms with Gasteiger partial charge in [0.1, 0.15) is 5.52 Å². The molecule has 0 amide bonds. The third kappa shape index (κ3) is 2.40. The van der Waals surface area contributed by atoms with Crippen LogP contribution in [0.4, 0.5) is 0 Å². The Balaban J connectivity index is 1.63. The van der Waals surface area contributed by atoms with E-state index in [9.17, 15) is 13.2 Å². The van der Waals surface area contributed by atoms with Crippen molar-refractivity contribution in [2.24, 2.45) is 5.92 Å². The highest BCUT2D eigenvalue weighted by Crippen LogP contribution is 2.40. The van der Waals surface area contributed by atoms with Crippen molar-refractivity contribution in [3.63, 3.8) is 0 Å². The lowest BCUT2D eigenvalue weighted by Crippen LogP contribution is -2.45. The zero-order valence-electron chi connectivity index (χ0n) is 13.0. The maximum absolute atomic E-state index is 12.8. The highest BCUT2D eigenvalue weighted by atomic mass is 32.2. The smallest absolute Gasteiger partial charge is 0.192 e. The number of carbonyl (C=O) groups is 1. The third-order valence-corrected chi connectivity index (χ3v) is 7.94. The van der Waals surface area contributed by atoms with Crippen LogP contribution in [0.2, 0.25) is 0 Å². The average molecular weight is 333 g/mol. The van der Waals surface area contributed by atoms with Crippen LogP contribution in [0.3, 0.4) is 0 Å². The summed E-state index contributed by atoms with van der Waals surface area (Å²) in [5, 5.41) is -0.663. The summed E-state index contributed by atoms with van der Waals surface area (Å²) in [6, 6.07) is 5.28. The Morgan fingerprint density at radius 3 is 2.61 bits per heavy atom. The van der Waals surface area contributed by atoms with Crippen LogP contribution in [-0.2, 0) is 9.84 Å². The molecule has 0 N–H and O–H groups in total. The molecule has 5 nitrogen and oxygen atoms in total. The van der Waals surface area contributed by atoms with Gasteiger partial charge in [0, 0.05) is 18.4 Å². The number of Topliss-reactive ketones (excluding diaryl/α,β-unsaturated/α-hetero) is 1. The molecule has 2 unspecified atom stereocenters. The number of benzene rings is 1. The van der Waals surface area contributed by atoms with E-state index in [1.165, 1.54) is 0 Å². The molecule has 2 aliphatic heterocycles. The lowest BCUT2D eigenvalue weighted by Gasteiger charge is -2.38. The summed E-state index contributed by atoms with van der Waals surface area (Å²) < 4.78 is 30.1. The van der Waals surface area contributed by atoms with Crippen molar-refractivity contribution in [2.75, 3.05) is 0 Å². The molecule has 0 radical (unpaired) electrons. The topological polar surface area (TPSA) is 77.2 Å². The van der Waals surface area contributed by atoms with Gasteiger partial charge in [-0.2, -0.15) is 0 Å². The van der Waals surface area contributed by atoms with E-state index in [4.69, 9.17) is 4.42 Å². The van der Waals surface area contributed by atoms with Gasteiger partial charge in [-0.3, -0.25) is 4.79 Å². The Bertz CT molecular complexity index is 863. The summed E-state index contributed by atoms with van der Waals surface area (Å²) in [4.78, 5) is 17.1. The average Bonchev–Trinajstić information content (AvgIpc) is 2.84. The highest BCUT2D eigenvalue weighted by molar-refractivity contribution is 7.92. The number of sulfone groups is 1. The number of fused-ring (bicyclic) bond motifs is 3. The van der Waals surface area contributed by atoms with E-state index in [1.807, 2.05) is 0 Å². The van der Waals surface area contributed by atoms with Crippen LogP contribution in [0, 0.1) is 12.8 Å². The molecule has 0 spiro atoms. The number of rotatable bonds is 2. The molecule has 4 rings (SSSR count). The Morgan fingerprint density at radius 2 is 1.91 bits per heavy atom. The van der Waals surface area contributed by atoms with Crippen LogP contribution >= 0.6 is 0 Å². The van der Waals surface area contributed by atoms with E-state index in [1.54, 1.807) is 25.1 Å². The van der Waals surface area contributed by atoms with Gasteiger partial charge in [-0.1, -0.05) is 6.42 Å². The van der Waals surface area contributed by atoms with Crippen molar-refractivity contribution in [3.8, 4) is 0 Å². The van der Waals surface area contributed by atoms with Gasteiger partial charge >= 0.3 is 0 Å². The lowest BCUT2D eigenvalue weighted by atomic mass is 9.84. The number of ketones is 1. The first kappa shape index (κ1) is 14.9. The molecule has 122 valence electrons. The summed E-state index contributed by atoms with van der Waals surface area (Å²) >= 11 is 0. The normalized spacial score (nSPS) is 29.5. The zero-order valence-corrected chi connectivity index (χ0v) is 13.8. The Hall–Kier alpha value is -1.69. The summed E-state index contributed by atoms with van der Waals surface area (Å²) in [7, 11) is -3.03. The predicted octanol–water partition coefficient (Wildman–Crippen LogP) is 3.06. The van der Waals surface area contributed by atoms with E-state index < -0.39 is 9.84 Å². The first-order valence-corrected chi connectivity index (χ1v) is 9.70. The van der Waals surface area contributed by atoms with Gasteiger partial charge in [-0.15, -0.1) is 0 Å². The maximum Gasteiger partial charge on any atom is 0.192 e. The van der Waals surface area contributed by atoms with Crippen LogP contribution in [0.1, 0.15) is 48.4 Å². The molecule has 2 saturated heterocycles. The van der Waals surface area contributed by atoms with Crippen molar-refractivity contribution >= 4 is 26.7 Å². The Labute approximate surface area is 135 Å². The quantitative estimate of drug-likeness (QED) is 0.789.